The minimum atomic E-state index is -0.325. The molecule has 0 bridgehead atoms. The summed E-state index contributed by atoms with van der Waals surface area (Å²) in [6.07, 6.45) is 4.83. The number of hydrogen-bond donors (Lipinski definition) is 0. The molecule has 0 aliphatic heterocycles. The van der Waals surface area contributed by atoms with E-state index < -0.39 is 0 Å². The molecule has 76 valence electrons. The second kappa shape index (κ2) is 5.81. The molecule has 0 radical (unpaired) electrons. The molecule has 0 fully saturated rings. The lowest BCUT2D eigenvalue weighted by Crippen LogP contribution is -1.87. The van der Waals surface area contributed by atoms with Crippen LogP contribution < -0.4 is 4.74 Å². The van der Waals surface area contributed by atoms with Gasteiger partial charge in [0, 0.05) is 5.33 Å². The zero-order valence-corrected chi connectivity index (χ0v) is 9.55. The Morgan fingerprint density at radius 2 is 2.29 bits per heavy atom. The molecule has 0 aliphatic rings. The first-order valence-electron chi connectivity index (χ1n) is 4.34. The van der Waals surface area contributed by atoms with Gasteiger partial charge in [-0.25, -0.2) is 4.39 Å². The summed E-state index contributed by atoms with van der Waals surface area (Å²) < 4.78 is 18.0. The van der Waals surface area contributed by atoms with Crippen molar-refractivity contribution in [3.8, 4) is 5.75 Å². The molecule has 0 heterocycles. The third-order valence-electron chi connectivity index (χ3n) is 1.76. The molecule has 14 heavy (non-hydrogen) atoms. The smallest absolute Gasteiger partial charge is 0.165 e. The quantitative estimate of drug-likeness (QED) is 0.750. The van der Waals surface area contributed by atoms with E-state index in [1.807, 2.05) is 18.2 Å². The van der Waals surface area contributed by atoms with Crippen molar-refractivity contribution in [2.24, 2.45) is 0 Å². The Kier molecular flexibility index (Phi) is 4.66. The van der Waals surface area contributed by atoms with Crippen molar-refractivity contribution in [1.82, 2.24) is 0 Å². The topological polar surface area (TPSA) is 9.23 Å². The Hall–Kier alpha value is -0.830. The lowest BCUT2D eigenvalue weighted by molar-refractivity contribution is 0.386. The van der Waals surface area contributed by atoms with E-state index in [2.05, 4.69) is 15.9 Å². The van der Waals surface area contributed by atoms with Crippen molar-refractivity contribution in [2.75, 3.05) is 12.4 Å². The highest BCUT2D eigenvalue weighted by atomic mass is 79.9. The van der Waals surface area contributed by atoms with Crippen molar-refractivity contribution in [3.63, 3.8) is 0 Å². The Labute approximate surface area is 91.7 Å². The maximum Gasteiger partial charge on any atom is 0.165 e. The highest BCUT2D eigenvalue weighted by Crippen LogP contribution is 2.18. The molecule has 0 unspecified atom stereocenters. The van der Waals surface area contributed by atoms with E-state index in [-0.39, 0.29) is 11.6 Å². The average Bonchev–Trinajstić information content (AvgIpc) is 2.18. The van der Waals surface area contributed by atoms with Gasteiger partial charge in [-0.3, -0.25) is 0 Å². The summed E-state index contributed by atoms with van der Waals surface area (Å²) in [4.78, 5) is 0. The van der Waals surface area contributed by atoms with Gasteiger partial charge >= 0.3 is 0 Å². The van der Waals surface area contributed by atoms with Crippen LogP contribution in [0.3, 0.4) is 0 Å². The van der Waals surface area contributed by atoms with Crippen LogP contribution in [0.5, 0.6) is 5.75 Å². The number of halogens is 2. The van der Waals surface area contributed by atoms with Gasteiger partial charge in [0.15, 0.2) is 11.6 Å². The number of ether oxygens (including phenoxy) is 1. The van der Waals surface area contributed by atoms with Crippen LogP contribution in [0.15, 0.2) is 24.3 Å². The molecular weight excluding hydrogens is 247 g/mol. The fourth-order valence-electron chi connectivity index (χ4n) is 1.07. The summed E-state index contributed by atoms with van der Waals surface area (Å²) in [6.45, 7) is 0. The number of allylic oxidation sites excluding steroid dienone is 1. The number of benzene rings is 1. The summed E-state index contributed by atoms with van der Waals surface area (Å²) >= 11 is 3.31. The van der Waals surface area contributed by atoms with Gasteiger partial charge in [0.25, 0.3) is 0 Å². The Bertz CT molecular complexity index is 323. The lowest BCUT2D eigenvalue weighted by atomic mass is 10.2. The van der Waals surface area contributed by atoms with Crippen molar-refractivity contribution in [1.29, 1.82) is 0 Å². The lowest BCUT2D eigenvalue weighted by Gasteiger charge is -2.01. The summed E-state index contributed by atoms with van der Waals surface area (Å²) in [5.74, 6) is -0.0452. The fraction of sp³-hybridized carbons (Fsp3) is 0.273. The van der Waals surface area contributed by atoms with Crippen molar-refractivity contribution in [3.05, 3.63) is 35.7 Å². The number of hydrogen-bond acceptors (Lipinski definition) is 1. The highest BCUT2D eigenvalue weighted by molar-refractivity contribution is 9.09. The van der Waals surface area contributed by atoms with Crippen LogP contribution in [0.25, 0.3) is 6.08 Å². The van der Waals surface area contributed by atoms with E-state index in [1.54, 1.807) is 6.07 Å². The predicted molar refractivity (Wildman–Crippen MR) is 60.4 cm³/mol. The SMILES string of the molecule is COc1ccc(/C=C/CCBr)cc1F. The van der Waals surface area contributed by atoms with Crippen LogP contribution in [0.2, 0.25) is 0 Å². The van der Waals surface area contributed by atoms with E-state index in [4.69, 9.17) is 4.74 Å². The normalized spacial score (nSPS) is 10.8. The summed E-state index contributed by atoms with van der Waals surface area (Å²) in [5, 5.41) is 0.919. The highest BCUT2D eigenvalue weighted by Gasteiger charge is 2.00. The van der Waals surface area contributed by atoms with Gasteiger partial charge < -0.3 is 4.74 Å². The van der Waals surface area contributed by atoms with Crippen LogP contribution in [-0.4, -0.2) is 12.4 Å². The van der Waals surface area contributed by atoms with Gasteiger partial charge in [0.05, 0.1) is 7.11 Å². The van der Waals surface area contributed by atoms with Crippen molar-refractivity contribution >= 4 is 22.0 Å². The first-order chi connectivity index (χ1) is 6.77. The van der Waals surface area contributed by atoms with Crippen molar-refractivity contribution < 1.29 is 9.13 Å². The fourth-order valence-corrected chi connectivity index (χ4v) is 1.33. The molecule has 0 aromatic heterocycles. The zero-order chi connectivity index (χ0) is 10.4. The number of methoxy groups -OCH3 is 1. The van der Waals surface area contributed by atoms with Gasteiger partial charge in [-0.1, -0.05) is 34.1 Å². The molecule has 0 spiro atoms. The first-order valence-corrected chi connectivity index (χ1v) is 5.46. The van der Waals surface area contributed by atoms with Crippen LogP contribution in [0.4, 0.5) is 4.39 Å². The number of alkyl halides is 1. The van der Waals surface area contributed by atoms with Crippen LogP contribution in [0, 0.1) is 5.82 Å². The summed E-state index contributed by atoms with van der Waals surface area (Å²) in [7, 11) is 1.46. The third kappa shape index (κ3) is 3.14. The monoisotopic (exact) mass is 258 g/mol. The van der Waals surface area contributed by atoms with Crippen molar-refractivity contribution in [2.45, 2.75) is 6.42 Å². The summed E-state index contributed by atoms with van der Waals surface area (Å²) in [6, 6.07) is 4.92. The van der Waals surface area contributed by atoms with E-state index in [9.17, 15) is 4.39 Å². The molecule has 1 rings (SSSR count). The van der Waals surface area contributed by atoms with Crippen LogP contribution in [-0.2, 0) is 0 Å². The maximum absolute atomic E-state index is 13.2. The molecule has 1 nitrogen and oxygen atoms in total. The van der Waals surface area contributed by atoms with E-state index in [0.717, 1.165) is 17.3 Å². The second-order valence-electron chi connectivity index (χ2n) is 2.77. The number of rotatable bonds is 4. The van der Waals surface area contributed by atoms with Gasteiger partial charge in [-0.15, -0.1) is 0 Å². The Morgan fingerprint density at radius 3 is 2.86 bits per heavy atom. The molecule has 0 saturated carbocycles. The molecule has 0 atom stereocenters. The third-order valence-corrected chi connectivity index (χ3v) is 2.22. The van der Waals surface area contributed by atoms with Crippen LogP contribution in [0.1, 0.15) is 12.0 Å². The van der Waals surface area contributed by atoms with E-state index in [1.165, 1.54) is 13.2 Å². The molecule has 0 N–H and O–H groups in total. The molecule has 1 aromatic rings. The molecule has 0 saturated heterocycles. The van der Waals surface area contributed by atoms with Gasteiger partial charge in [-0.05, 0) is 24.1 Å². The molecule has 0 aliphatic carbocycles. The average molecular weight is 259 g/mol. The van der Waals surface area contributed by atoms with E-state index in [0.29, 0.717) is 0 Å². The summed E-state index contributed by atoms with van der Waals surface area (Å²) in [5.41, 5.74) is 0.851. The Balaban J connectivity index is 2.76. The standard InChI is InChI=1S/C11H12BrFO/c1-14-11-6-5-9(8-10(11)13)4-2-3-7-12/h2,4-6,8H,3,7H2,1H3/b4-2+. The molecule has 1 aromatic carbocycles. The van der Waals surface area contributed by atoms with Gasteiger partial charge in [0.1, 0.15) is 0 Å². The molecule has 3 heteroatoms. The molecular formula is C11H12BrFO. The Morgan fingerprint density at radius 1 is 1.50 bits per heavy atom. The molecule has 0 amide bonds. The van der Waals surface area contributed by atoms with Gasteiger partial charge in [0.2, 0.25) is 0 Å². The van der Waals surface area contributed by atoms with Gasteiger partial charge in [-0.2, -0.15) is 0 Å². The largest absolute Gasteiger partial charge is 0.494 e. The predicted octanol–water partition coefficient (Wildman–Crippen LogP) is 3.63. The zero-order valence-electron chi connectivity index (χ0n) is 7.97. The minimum absolute atomic E-state index is 0.280. The second-order valence-corrected chi connectivity index (χ2v) is 3.57. The maximum atomic E-state index is 13.2. The van der Waals surface area contributed by atoms with E-state index >= 15 is 0 Å². The van der Waals surface area contributed by atoms with Crippen LogP contribution >= 0.6 is 15.9 Å². The first kappa shape index (κ1) is 11.2. The minimum Gasteiger partial charge on any atom is -0.494 e.